The van der Waals surface area contributed by atoms with E-state index in [9.17, 15) is 18.0 Å². The number of rotatable bonds is 9. The van der Waals surface area contributed by atoms with Crippen LogP contribution in [0, 0.1) is 19.8 Å². The van der Waals surface area contributed by atoms with Crippen molar-refractivity contribution in [2.45, 2.75) is 57.8 Å². The molecule has 0 atom stereocenters. The van der Waals surface area contributed by atoms with Gasteiger partial charge in [-0.2, -0.15) is 0 Å². The van der Waals surface area contributed by atoms with Gasteiger partial charge in [0.1, 0.15) is 0 Å². The summed E-state index contributed by atoms with van der Waals surface area (Å²) in [6.45, 7) is 7.82. The maximum atomic E-state index is 12.5. The van der Waals surface area contributed by atoms with Crippen LogP contribution in [0.4, 0.5) is 0 Å². The molecule has 0 bridgehead atoms. The van der Waals surface area contributed by atoms with Crippen LogP contribution in [0.2, 0.25) is 0 Å². The number of carbonyl (C=O) groups excluding carboxylic acids is 2. The minimum Gasteiger partial charge on any atom is -0.346 e. The van der Waals surface area contributed by atoms with E-state index in [4.69, 9.17) is 0 Å². The first-order valence-corrected chi connectivity index (χ1v) is 12.2. The molecule has 2 rings (SSSR count). The highest BCUT2D eigenvalue weighted by atomic mass is 32.2. The minimum absolute atomic E-state index is 0.0285. The van der Waals surface area contributed by atoms with E-state index in [1.54, 1.807) is 28.0 Å². The van der Waals surface area contributed by atoms with E-state index in [0.29, 0.717) is 25.9 Å². The van der Waals surface area contributed by atoms with Gasteiger partial charge in [0, 0.05) is 45.6 Å². The Bertz CT molecular complexity index is 846. The molecule has 0 unspecified atom stereocenters. The zero-order chi connectivity index (χ0) is 22.3. The van der Waals surface area contributed by atoms with Gasteiger partial charge in [-0.15, -0.1) is 0 Å². The van der Waals surface area contributed by atoms with Crippen molar-refractivity contribution in [3.8, 4) is 0 Å². The van der Waals surface area contributed by atoms with Crippen LogP contribution in [0.3, 0.4) is 0 Å². The summed E-state index contributed by atoms with van der Waals surface area (Å²) in [5.74, 6) is 0.0545. The fourth-order valence-corrected chi connectivity index (χ4v) is 4.72. The first-order chi connectivity index (χ1) is 14.2. The molecule has 0 radical (unpaired) electrons. The number of piperidine rings is 1. The molecular weight excluding hydrogens is 402 g/mol. The maximum absolute atomic E-state index is 12.5. The van der Waals surface area contributed by atoms with Gasteiger partial charge in [-0.3, -0.25) is 9.59 Å². The zero-order valence-electron chi connectivity index (χ0n) is 18.6. The van der Waals surface area contributed by atoms with Crippen LogP contribution < -0.4 is 4.72 Å². The van der Waals surface area contributed by atoms with Crippen molar-refractivity contribution in [3.63, 3.8) is 0 Å². The van der Waals surface area contributed by atoms with Gasteiger partial charge in [0.2, 0.25) is 21.8 Å². The molecule has 1 fully saturated rings. The topological polar surface area (TPSA) is 86.8 Å². The average Bonchev–Trinajstić information content (AvgIpc) is 2.73. The van der Waals surface area contributed by atoms with Crippen LogP contribution in [-0.4, -0.2) is 63.3 Å². The van der Waals surface area contributed by atoms with Crippen molar-refractivity contribution in [1.29, 1.82) is 0 Å². The smallest absolute Gasteiger partial charge is 0.240 e. The number of hydrogen-bond donors (Lipinski definition) is 1. The molecule has 1 aliphatic heterocycles. The molecule has 0 saturated carbocycles. The molecule has 0 spiro atoms. The molecule has 8 heteroatoms. The summed E-state index contributed by atoms with van der Waals surface area (Å²) in [5.41, 5.74) is 1.94. The van der Waals surface area contributed by atoms with Crippen molar-refractivity contribution in [2.75, 3.05) is 33.2 Å². The summed E-state index contributed by atoms with van der Waals surface area (Å²) in [6, 6.07) is 4.99. The van der Waals surface area contributed by atoms with Gasteiger partial charge < -0.3 is 9.80 Å². The first-order valence-electron chi connectivity index (χ1n) is 10.8. The Kier molecular flexibility index (Phi) is 8.85. The second-order valence-electron chi connectivity index (χ2n) is 8.16. The van der Waals surface area contributed by atoms with Crippen LogP contribution in [-0.2, 0) is 19.6 Å². The molecule has 168 valence electrons. The molecule has 7 nitrogen and oxygen atoms in total. The molecule has 0 aromatic heterocycles. The van der Waals surface area contributed by atoms with Crippen LogP contribution >= 0.6 is 0 Å². The van der Waals surface area contributed by atoms with Crippen molar-refractivity contribution < 1.29 is 18.0 Å². The van der Waals surface area contributed by atoms with E-state index in [0.717, 1.165) is 30.5 Å². The van der Waals surface area contributed by atoms with Gasteiger partial charge in [-0.05, 0) is 56.4 Å². The molecule has 1 saturated heterocycles. The Morgan fingerprint density at radius 1 is 1.17 bits per heavy atom. The molecular formula is C22H35N3O4S. The summed E-state index contributed by atoms with van der Waals surface area (Å²) in [7, 11) is -1.79. The first kappa shape index (κ1) is 24.3. The summed E-state index contributed by atoms with van der Waals surface area (Å²) in [6.07, 6.45) is 3.49. The standard InChI is InChI=1S/C22H35N3O4S/c1-5-6-13-24(4)22(27)19-10-14-25(15-11-19)21(26)9-12-23-30(28,29)20-8-7-17(2)18(3)16-20/h7-8,16,19,23H,5-6,9-15H2,1-4H3. The Hall–Kier alpha value is -1.93. The summed E-state index contributed by atoms with van der Waals surface area (Å²) < 4.78 is 27.4. The number of unbranched alkanes of at least 4 members (excludes halogenated alkanes) is 1. The number of benzene rings is 1. The SMILES string of the molecule is CCCCN(C)C(=O)C1CCN(C(=O)CCNS(=O)(=O)c2ccc(C)c(C)c2)CC1. The van der Waals surface area contributed by atoms with Crippen LogP contribution in [0.25, 0.3) is 0 Å². The van der Waals surface area contributed by atoms with Gasteiger partial charge in [0.15, 0.2) is 0 Å². The third-order valence-electron chi connectivity index (χ3n) is 5.84. The monoisotopic (exact) mass is 437 g/mol. The highest BCUT2D eigenvalue weighted by Crippen LogP contribution is 2.20. The lowest BCUT2D eigenvalue weighted by atomic mass is 9.95. The number of hydrogen-bond acceptors (Lipinski definition) is 4. The Labute approximate surface area is 180 Å². The zero-order valence-corrected chi connectivity index (χ0v) is 19.4. The average molecular weight is 438 g/mol. The number of amides is 2. The van der Waals surface area contributed by atoms with E-state index in [1.165, 1.54) is 0 Å². The quantitative estimate of drug-likeness (QED) is 0.643. The van der Waals surface area contributed by atoms with E-state index in [1.807, 2.05) is 20.9 Å². The lowest BCUT2D eigenvalue weighted by Crippen LogP contribution is -2.44. The fraction of sp³-hybridized carbons (Fsp3) is 0.636. The van der Waals surface area contributed by atoms with Gasteiger partial charge in [-0.1, -0.05) is 19.4 Å². The Morgan fingerprint density at radius 3 is 2.43 bits per heavy atom. The number of sulfonamides is 1. The lowest BCUT2D eigenvalue weighted by molar-refractivity contribution is -0.139. The molecule has 0 aliphatic carbocycles. The van der Waals surface area contributed by atoms with Crippen molar-refractivity contribution in [3.05, 3.63) is 29.3 Å². The molecule has 1 aromatic rings. The van der Waals surface area contributed by atoms with E-state index in [2.05, 4.69) is 11.6 Å². The lowest BCUT2D eigenvalue weighted by Gasteiger charge is -2.33. The molecule has 2 amide bonds. The molecule has 1 aliphatic rings. The number of carbonyl (C=O) groups is 2. The molecule has 1 heterocycles. The van der Waals surface area contributed by atoms with Gasteiger partial charge in [0.05, 0.1) is 4.90 Å². The predicted octanol–water partition coefficient (Wildman–Crippen LogP) is 2.47. The van der Waals surface area contributed by atoms with Gasteiger partial charge >= 0.3 is 0 Å². The van der Waals surface area contributed by atoms with Crippen molar-refractivity contribution in [2.24, 2.45) is 5.92 Å². The maximum Gasteiger partial charge on any atom is 0.240 e. The highest BCUT2D eigenvalue weighted by molar-refractivity contribution is 7.89. The van der Waals surface area contributed by atoms with E-state index in [-0.39, 0.29) is 35.6 Å². The minimum atomic E-state index is -3.63. The summed E-state index contributed by atoms with van der Waals surface area (Å²) >= 11 is 0. The fourth-order valence-electron chi connectivity index (χ4n) is 3.61. The third-order valence-corrected chi connectivity index (χ3v) is 7.30. The van der Waals surface area contributed by atoms with Crippen molar-refractivity contribution >= 4 is 21.8 Å². The highest BCUT2D eigenvalue weighted by Gasteiger charge is 2.29. The normalized spacial score (nSPS) is 15.3. The molecule has 1 aromatic carbocycles. The van der Waals surface area contributed by atoms with Crippen molar-refractivity contribution in [1.82, 2.24) is 14.5 Å². The van der Waals surface area contributed by atoms with Crippen LogP contribution in [0.15, 0.2) is 23.1 Å². The van der Waals surface area contributed by atoms with E-state index >= 15 is 0 Å². The number of aryl methyl sites for hydroxylation is 2. The Morgan fingerprint density at radius 2 is 1.83 bits per heavy atom. The number of likely N-dealkylation sites (tertiary alicyclic amines) is 1. The van der Waals surface area contributed by atoms with Gasteiger partial charge in [0.25, 0.3) is 0 Å². The number of nitrogens with one attached hydrogen (secondary N) is 1. The molecule has 1 N–H and O–H groups in total. The largest absolute Gasteiger partial charge is 0.346 e. The van der Waals surface area contributed by atoms with Crippen LogP contribution in [0.5, 0.6) is 0 Å². The summed E-state index contributed by atoms with van der Waals surface area (Å²) in [4.78, 5) is 28.7. The molecule has 30 heavy (non-hydrogen) atoms. The second kappa shape index (κ2) is 10.9. The predicted molar refractivity (Wildman–Crippen MR) is 118 cm³/mol. The van der Waals surface area contributed by atoms with Gasteiger partial charge in [-0.25, -0.2) is 13.1 Å². The second-order valence-corrected chi connectivity index (χ2v) is 9.93. The Balaban J connectivity index is 1.78. The third kappa shape index (κ3) is 6.54. The van der Waals surface area contributed by atoms with Crippen LogP contribution in [0.1, 0.15) is 50.2 Å². The van der Waals surface area contributed by atoms with E-state index < -0.39 is 10.0 Å². The summed E-state index contributed by atoms with van der Waals surface area (Å²) in [5, 5.41) is 0. The number of nitrogens with zero attached hydrogens (tertiary/aromatic N) is 2.